The zero-order valence-corrected chi connectivity index (χ0v) is 19.5. The van der Waals surface area contributed by atoms with Crippen LogP contribution in [0.25, 0.3) is 11.0 Å². The van der Waals surface area contributed by atoms with Crippen molar-refractivity contribution in [3.05, 3.63) is 74.2 Å². The second kappa shape index (κ2) is 8.96. The summed E-state index contributed by atoms with van der Waals surface area (Å²) in [6.45, 7) is 3.80. The second-order valence-corrected chi connectivity index (χ2v) is 8.40. The van der Waals surface area contributed by atoms with Gasteiger partial charge in [-0.25, -0.2) is 4.98 Å². The van der Waals surface area contributed by atoms with E-state index in [0.717, 1.165) is 21.1 Å². The minimum atomic E-state index is -0.200. The molecule has 8 nitrogen and oxygen atoms in total. The minimum absolute atomic E-state index is 0.172. The molecule has 0 spiro atoms. The maximum Gasteiger partial charge on any atom is 0.253 e. The molecule has 1 amide bonds. The Labute approximate surface area is 192 Å². The number of halogens is 1. The highest BCUT2D eigenvalue weighted by Gasteiger charge is 2.16. The lowest BCUT2D eigenvalue weighted by atomic mass is 10.0. The number of aromatic nitrogens is 4. The molecule has 9 heteroatoms. The van der Waals surface area contributed by atoms with Crippen LogP contribution in [0.15, 0.2) is 51.9 Å². The van der Waals surface area contributed by atoms with Gasteiger partial charge in [-0.15, -0.1) is 0 Å². The van der Waals surface area contributed by atoms with Gasteiger partial charge in [0.15, 0.2) is 0 Å². The van der Waals surface area contributed by atoms with Crippen molar-refractivity contribution >= 4 is 38.6 Å². The number of pyridine rings is 2. The first-order valence-electron chi connectivity index (χ1n) is 10.1. The zero-order valence-electron chi connectivity index (χ0n) is 17.9. The third kappa shape index (κ3) is 4.57. The van der Waals surface area contributed by atoms with Crippen LogP contribution >= 0.6 is 15.9 Å². The molecular formula is C23H22BrN5O3. The number of rotatable bonds is 6. The topological polar surface area (TPSA) is 102 Å². The Morgan fingerprint density at radius 2 is 2.06 bits per heavy atom. The van der Waals surface area contributed by atoms with Crippen molar-refractivity contribution in [1.29, 1.82) is 0 Å². The predicted molar refractivity (Wildman–Crippen MR) is 126 cm³/mol. The maximum atomic E-state index is 12.5. The third-order valence-corrected chi connectivity index (χ3v) is 5.69. The van der Waals surface area contributed by atoms with E-state index in [4.69, 9.17) is 4.74 Å². The van der Waals surface area contributed by atoms with Gasteiger partial charge < -0.3 is 15.0 Å². The molecule has 0 aliphatic heterocycles. The van der Waals surface area contributed by atoms with Crippen molar-refractivity contribution in [2.45, 2.75) is 26.7 Å². The first-order chi connectivity index (χ1) is 15.3. The standard InChI is InChI=1S/C23H22BrN5O3/c1-13-18(23(31)27-22-21(13)14(2)28-29(22)3)8-9-19(30)26-16-7-10-20(25-12-16)32-17-6-4-5-15(24)11-17/h4-7,10-12H,8-9H2,1-3H3,(H,26,30)(H,27,31). The van der Waals surface area contributed by atoms with Crippen molar-refractivity contribution in [3.63, 3.8) is 0 Å². The van der Waals surface area contributed by atoms with E-state index in [-0.39, 0.29) is 17.9 Å². The SMILES string of the molecule is Cc1nn(C)c2[nH]c(=O)c(CCC(=O)Nc3ccc(Oc4cccc(Br)c4)nc3)c(C)c12. The van der Waals surface area contributed by atoms with Gasteiger partial charge in [-0.3, -0.25) is 14.3 Å². The van der Waals surface area contributed by atoms with Gasteiger partial charge in [-0.1, -0.05) is 22.0 Å². The number of aryl methyl sites for hydroxylation is 3. The number of hydrogen-bond donors (Lipinski definition) is 2. The largest absolute Gasteiger partial charge is 0.439 e. The molecule has 0 aliphatic rings. The predicted octanol–water partition coefficient (Wildman–Crippen LogP) is 4.40. The quantitative estimate of drug-likeness (QED) is 0.412. The number of anilines is 1. The Kier molecular flexibility index (Phi) is 6.09. The lowest BCUT2D eigenvalue weighted by molar-refractivity contribution is -0.116. The van der Waals surface area contributed by atoms with Crippen LogP contribution in [0.5, 0.6) is 11.6 Å². The molecule has 4 aromatic rings. The Balaban J connectivity index is 1.40. The molecule has 0 bridgehead atoms. The van der Waals surface area contributed by atoms with E-state index in [2.05, 4.69) is 36.3 Å². The number of aromatic amines is 1. The minimum Gasteiger partial charge on any atom is -0.439 e. The van der Waals surface area contributed by atoms with Gasteiger partial charge in [0.25, 0.3) is 5.56 Å². The molecule has 0 radical (unpaired) electrons. The molecule has 1 aromatic carbocycles. The maximum absolute atomic E-state index is 12.5. The van der Waals surface area contributed by atoms with Crippen LogP contribution in [-0.4, -0.2) is 25.7 Å². The van der Waals surface area contributed by atoms with Gasteiger partial charge in [0.1, 0.15) is 11.4 Å². The fourth-order valence-corrected chi connectivity index (χ4v) is 4.06. The van der Waals surface area contributed by atoms with Crippen LogP contribution < -0.4 is 15.6 Å². The van der Waals surface area contributed by atoms with E-state index < -0.39 is 0 Å². The van der Waals surface area contributed by atoms with Crippen molar-refractivity contribution in [3.8, 4) is 11.6 Å². The van der Waals surface area contributed by atoms with Gasteiger partial charge in [-0.05, 0) is 50.1 Å². The normalized spacial score (nSPS) is 11.0. The van der Waals surface area contributed by atoms with Crippen LogP contribution in [0.1, 0.15) is 23.2 Å². The number of amides is 1. The lowest BCUT2D eigenvalue weighted by Gasteiger charge is -2.09. The number of nitrogens with zero attached hydrogens (tertiary/aromatic N) is 3. The van der Waals surface area contributed by atoms with E-state index in [1.54, 1.807) is 23.9 Å². The summed E-state index contributed by atoms with van der Waals surface area (Å²) >= 11 is 3.40. The first kappa shape index (κ1) is 21.8. The summed E-state index contributed by atoms with van der Waals surface area (Å²) in [5, 5.41) is 8.10. The Hall–Kier alpha value is -3.46. The number of fused-ring (bicyclic) bond motifs is 1. The van der Waals surface area contributed by atoms with Gasteiger partial charge in [0, 0.05) is 35.0 Å². The van der Waals surface area contributed by atoms with Crippen LogP contribution in [0, 0.1) is 13.8 Å². The van der Waals surface area contributed by atoms with Crippen LogP contribution in [0.3, 0.4) is 0 Å². The fourth-order valence-electron chi connectivity index (χ4n) is 3.68. The van der Waals surface area contributed by atoms with Gasteiger partial charge in [0.2, 0.25) is 11.8 Å². The van der Waals surface area contributed by atoms with E-state index in [9.17, 15) is 9.59 Å². The molecule has 3 heterocycles. The number of ether oxygens (including phenoxy) is 1. The molecule has 0 unspecified atom stereocenters. The molecule has 2 N–H and O–H groups in total. The van der Waals surface area contributed by atoms with Gasteiger partial charge in [-0.2, -0.15) is 5.10 Å². The molecule has 0 saturated heterocycles. The molecule has 0 fully saturated rings. The van der Waals surface area contributed by atoms with E-state index >= 15 is 0 Å². The summed E-state index contributed by atoms with van der Waals surface area (Å²) in [4.78, 5) is 32.1. The van der Waals surface area contributed by atoms with E-state index in [1.807, 2.05) is 38.1 Å². The smallest absolute Gasteiger partial charge is 0.253 e. The number of H-pyrrole nitrogens is 1. The monoisotopic (exact) mass is 495 g/mol. The number of hydrogen-bond acceptors (Lipinski definition) is 5. The Morgan fingerprint density at radius 1 is 1.25 bits per heavy atom. The molecule has 0 aliphatic carbocycles. The summed E-state index contributed by atoms with van der Waals surface area (Å²) in [6, 6.07) is 10.9. The molecule has 0 atom stereocenters. The Bertz CT molecular complexity index is 1360. The summed E-state index contributed by atoms with van der Waals surface area (Å²) < 4.78 is 8.27. The average molecular weight is 496 g/mol. The molecular weight excluding hydrogens is 474 g/mol. The average Bonchev–Trinajstić information content (AvgIpc) is 3.02. The van der Waals surface area contributed by atoms with E-state index in [1.165, 1.54) is 6.20 Å². The lowest BCUT2D eigenvalue weighted by Crippen LogP contribution is -2.19. The third-order valence-electron chi connectivity index (χ3n) is 5.20. The number of carbonyl (C=O) groups is 1. The molecule has 4 rings (SSSR count). The number of carbonyl (C=O) groups excluding carboxylic acids is 1. The second-order valence-electron chi connectivity index (χ2n) is 7.48. The molecule has 164 valence electrons. The summed E-state index contributed by atoms with van der Waals surface area (Å²) in [6.07, 6.45) is 2.04. The van der Waals surface area contributed by atoms with Crippen LogP contribution in [-0.2, 0) is 18.3 Å². The summed E-state index contributed by atoms with van der Waals surface area (Å²) in [5.41, 5.74) is 3.35. The van der Waals surface area contributed by atoms with Gasteiger partial charge in [0.05, 0.1) is 17.6 Å². The highest BCUT2D eigenvalue weighted by Crippen LogP contribution is 2.24. The van der Waals surface area contributed by atoms with Gasteiger partial charge >= 0.3 is 0 Å². The van der Waals surface area contributed by atoms with Crippen molar-refractivity contribution in [1.82, 2.24) is 19.7 Å². The molecule has 32 heavy (non-hydrogen) atoms. The first-order valence-corrected chi connectivity index (χ1v) is 10.9. The number of nitrogens with one attached hydrogen (secondary N) is 2. The summed E-state index contributed by atoms with van der Waals surface area (Å²) in [5.74, 6) is 0.878. The van der Waals surface area contributed by atoms with Crippen LogP contribution in [0.2, 0.25) is 0 Å². The zero-order chi connectivity index (χ0) is 22.8. The van der Waals surface area contributed by atoms with Crippen LogP contribution in [0.4, 0.5) is 5.69 Å². The number of benzene rings is 1. The highest BCUT2D eigenvalue weighted by molar-refractivity contribution is 9.10. The Morgan fingerprint density at radius 3 is 2.78 bits per heavy atom. The van der Waals surface area contributed by atoms with Crippen molar-refractivity contribution in [2.24, 2.45) is 7.05 Å². The van der Waals surface area contributed by atoms with Crippen molar-refractivity contribution in [2.75, 3.05) is 5.32 Å². The fraction of sp³-hybridized carbons (Fsp3) is 0.217. The van der Waals surface area contributed by atoms with E-state index in [0.29, 0.717) is 34.9 Å². The summed E-state index contributed by atoms with van der Waals surface area (Å²) in [7, 11) is 1.79. The molecule has 0 saturated carbocycles. The molecule has 3 aromatic heterocycles. The van der Waals surface area contributed by atoms with Crippen molar-refractivity contribution < 1.29 is 9.53 Å². The highest BCUT2D eigenvalue weighted by atomic mass is 79.9.